The predicted molar refractivity (Wildman–Crippen MR) is 139 cm³/mol. The minimum Gasteiger partial charge on any atom is -0.493 e. The molecule has 2 aromatic carbocycles. The Morgan fingerprint density at radius 1 is 1.13 bits per heavy atom. The molecule has 0 radical (unpaired) electrons. The van der Waals surface area contributed by atoms with Crippen LogP contribution in [-0.4, -0.2) is 40.9 Å². The van der Waals surface area contributed by atoms with E-state index in [0.717, 1.165) is 47.3 Å². The highest BCUT2D eigenvalue weighted by atomic mass is 19.1. The minimum atomic E-state index is -0.868. The van der Waals surface area contributed by atoms with Gasteiger partial charge in [0.05, 0.1) is 6.61 Å². The monoisotopic (exact) mass is 520 g/mol. The van der Waals surface area contributed by atoms with E-state index in [1.165, 1.54) is 6.07 Å². The summed E-state index contributed by atoms with van der Waals surface area (Å²) in [6, 6.07) is 6.26. The number of aliphatic carboxylic acids is 1. The van der Waals surface area contributed by atoms with Gasteiger partial charge in [-0.25, -0.2) is 4.39 Å². The smallest absolute Gasteiger partial charge is 0.303 e. The Morgan fingerprint density at radius 2 is 1.92 bits per heavy atom. The quantitative estimate of drug-likeness (QED) is 0.603. The van der Waals surface area contributed by atoms with E-state index in [9.17, 15) is 14.4 Å². The maximum absolute atomic E-state index is 15.1. The number of benzene rings is 2. The van der Waals surface area contributed by atoms with Crippen molar-refractivity contribution in [2.24, 2.45) is 11.8 Å². The van der Waals surface area contributed by atoms with Crippen LogP contribution < -0.4 is 10.1 Å². The Bertz CT molecular complexity index is 1350. The molecule has 0 bridgehead atoms. The fourth-order valence-corrected chi connectivity index (χ4v) is 6.95. The molecule has 1 atom stereocenters. The number of hydrogen-bond donors (Lipinski definition) is 2. The van der Waals surface area contributed by atoms with Crippen molar-refractivity contribution in [3.8, 4) is 5.75 Å². The van der Waals surface area contributed by atoms with Crippen LogP contribution in [0.1, 0.15) is 73.4 Å². The molecular formula is C30H33FN2O5. The predicted octanol–water partition coefficient (Wildman–Crippen LogP) is 4.55. The molecule has 2 N–H and O–H groups in total. The second kappa shape index (κ2) is 9.10. The number of anilines is 1. The van der Waals surface area contributed by atoms with Gasteiger partial charge < -0.3 is 20.1 Å². The topological polar surface area (TPSA) is 95.9 Å². The van der Waals surface area contributed by atoms with Crippen LogP contribution in [0.2, 0.25) is 0 Å². The van der Waals surface area contributed by atoms with Crippen molar-refractivity contribution in [3.63, 3.8) is 0 Å². The molecule has 200 valence electrons. The summed E-state index contributed by atoms with van der Waals surface area (Å²) in [5.41, 5.74) is 4.59. The molecule has 0 unspecified atom stereocenters. The third kappa shape index (κ3) is 4.14. The van der Waals surface area contributed by atoms with Gasteiger partial charge in [-0.15, -0.1) is 0 Å². The van der Waals surface area contributed by atoms with Crippen molar-refractivity contribution in [3.05, 3.63) is 57.9 Å². The number of carbonyl (C=O) groups is 3. The van der Waals surface area contributed by atoms with Gasteiger partial charge in [-0.1, -0.05) is 26.0 Å². The summed E-state index contributed by atoms with van der Waals surface area (Å²) in [6.45, 7) is 5.04. The van der Waals surface area contributed by atoms with Crippen LogP contribution in [0.4, 0.5) is 10.1 Å². The lowest BCUT2D eigenvalue weighted by Crippen LogP contribution is -2.50. The van der Waals surface area contributed by atoms with E-state index < -0.39 is 12.0 Å². The SMILES string of the molecule is CC1(C)CCc2cc(NC(=O)[C@H]3c4ccc5c(c4CCN3C(=O)[C@H]3C[C@@H](CC(=O)O)C3)OCC5)cc(F)c21. The first-order valence-electron chi connectivity index (χ1n) is 13.6. The number of ether oxygens (including phenoxy) is 1. The zero-order chi connectivity index (χ0) is 26.8. The molecule has 8 heteroatoms. The zero-order valence-corrected chi connectivity index (χ0v) is 21.8. The van der Waals surface area contributed by atoms with Crippen LogP contribution in [0.3, 0.4) is 0 Å². The molecule has 4 aliphatic rings. The molecule has 1 saturated carbocycles. The van der Waals surface area contributed by atoms with Gasteiger partial charge in [0.15, 0.2) is 0 Å². The lowest BCUT2D eigenvalue weighted by molar-refractivity contribution is -0.149. The number of halogens is 1. The first-order chi connectivity index (χ1) is 18.1. The van der Waals surface area contributed by atoms with Gasteiger partial charge in [0.2, 0.25) is 5.91 Å². The fraction of sp³-hybridized carbons (Fsp3) is 0.500. The largest absolute Gasteiger partial charge is 0.493 e. The number of carbonyl (C=O) groups excluding carboxylic acids is 2. The van der Waals surface area contributed by atoms with Crippen LogP contribution in [0.5, 0.6) is 5.75 Å². The summed E-state index contributed by atoms with van der Waals surface area (Å²) in [4.78, 5) is 40.2. The number of rotatable bonds is 5. The Balaban J connectivity index is 1.30. The summed E-state index contributed by atoms with van der Waals surface area (Å²) >= 11 is 0. The van der Waals surface area contributed by atoms with Crippen molar-refractivity contribution >= 4 is 23.5 Å². The highest BCUT2D eigenvalue weighted by molar-refractivity contribution is 5.99. The van der Waals surface area contributed by atoms with E-state index in [1.807, 2.05) is 32.0 Å². The number of nitrogens with zero attached hydrogens (tertiary/aromatic N) is 1. The van der Waals surface area contributed by atoms with Crippen molar-refractivity contribution in [1.82, 2.24) is 4.90 Å². The number of carboxylic acids is 1. The maximum Gasteiger partial charge on any atom is 0.303 e. The second-order valence-electron chi connectivity index (χ2n) is 11.9. The number of fused-ring (bicyclic) bond motifs is 4. The van der Waals surface area contributed by atoms with Crippen LogP contribution in [0, 0.1) is 17.7 Å². The van der Waals surface area contributed by atoms with Crippen molar-refractivity contribution in [2.75, 3.05) is 18.5 Å². The summed E-state index contributed by atoms with van der Waals surface area (Å²) in [5.74, 6) is -1.16. The van der Waals surface area contributed by atoms with Gasteiger partial charge in [-0.05, 0) is 77.8 Å². The Kier molecular flexibility index (Phi) is 5.96. The van der Waals surface area contributed by atoms with E-state index in [4.69, 9.17) is 9.84 Å². The fourth-order valence-electron chi connectivity index (χ4n) is 6.95. The van der Waals surface area contributed by atoms with Gasteiger partial charge in [0, 0.05) is 36.6 Å². The van der Waals surface area contributed by atoms with Crippen LogP contribution in [0.25, 0.3) is 0 Å². The number of nitrogens with one attached hydrogen (secondary N) is 1. The van der Waals surface area contributed by atoms with E-state index >= 15 is 4.39 Å². The summed E-state index contributed by atoms with van der Waals surface area (Å²) < 4.78 is 21.1. The Hall–Kier alpha value is -3.42. The van der Waals surface area contributed by atoms with Crippen LogP contribution in [-0.2, 0) is 39.1 Å². The zero-order valence-electron chi connectivity index (χ0n) is 21.8. The molecule has 6 rings (SSSR count). The molecular weight excluding hydrogens is 487 g/mol. The van der Waals surface area contributed by atoms with Crippen molar-refractivity contribution < 1.29 is 28.6 Å². The number of carboxylic acid groups (broad SMARTS) is 1. The molecule has 38 heavy (non-hydrogen) atoms. The standard InChI is InChI=1S/C30H33FN2O5/c1-30(2)8-5-18-14-20(15-23(31)25(18)30)32-28(36)26-21-4-3-17-7-10-38-27(17)22(21)6-9-33(26)29(37)19-11-16(12-19)13-24(34)35/h3-4,14-16,19,26H,5-13H2,1-2H3,(H,32,36)(H,34,35)/t16-,19+,26-/m1/s1. The summed E-state index contributed by atoms with van der Waals surface area (Å²) in [5, 5.41) is 12.0. The van der Waals surface area contributed by atoms with E-state index in [-0.39, 0.29) is 41.3 Å². The van der Waals surface area contributed by atoms with E-state index in [1.54, 1.807) is 4.90 Å². The minimum absolute atomic E-state index is 0.0129. The molecule has 7 nitrogen and oxygen atoms in total. The third-order valence-corrected chi connectivity index (χ3v) is 8.92. The normalized spacial score (nSPS) is 24.5. The van der Waals surface area contributed by atoms with Crippen molar-refractivity contribution in [2.45, 2.75) is 70.3 Å². The molecule has 2 aromatic rings. The van der Waals surface area contributed by atoms with Gasteiger partial charge in [-0.2, -0.15) is 0 Å². The molecule has 0 aromatic heterocycles. The highest BCUT2D eigenvalue weighted by Crippen LogP contribution is 2.44. The first-order valence-corrected chi connectivity index (χ1v) is 13.6. The molecule has 2 aliphatic carbocycles. The number of aryl methyl sites for hydroxylation is 1. The van der Waals surface area contributed by atoms with E-state index in [0.29, 0.717) is 43.7 Å². The van der Waals surface area contributed by atoms with Crippen LogP contribution in [0.15, 0.2) is 24.3 Å². The molecule has 0 saturated heterocycles. The average Bonchev–Trinajstić information content (AvgIpc) is 3.44. The van der Waals surface area contributed by atoms with Gasteiger partial charge in [-0.3, -0.25) is 14.4 Å². The van der Waals surface area contributed by atoms with Crippen molar-refractivity contribution in [1.29, 1.82) is 0 Å². The molecule has 0 spiro atoms. The molecule has 1 fully saturated rings. The number of amides is 2. The van der Waals surface area contributed by atoms with Gasteiger partial charge in [0.25, 0.3) is 5.91 Å². The maximum atomic E-state index is 15.1. The van der Waals surface area contributed by atoms with Gasteiger partial charge >= 0.3 is 5.97 Å². The highest BCUT2D eigenvalue weighted by Gasteiger charge is 2.44. The van der Waals surface area contributed by atoms with Crippen LogP contribution >= 0.6 is 0 Å². The van der Waals surface area contributed by atoms with Gasteiger partial charge in [0.1, 0.15) is 17.6 Å². The third-order valence-electron chi connectivity index (χ3n) is 8.92. The second-order valence-corrected chi connectivity index (χ2v) is 11.9. The molecule has 2 heterocycles. The average molecular weight is 521 g/mol. The molecule has 2 aliphatic heterocycles. The number of hydrogen-bond acceptors (Lipinski definition) is 4. The Labute approximate surface area is 221 Å². The first kappa shape index (κ1) is 24.9. The lowest BCUT2D eigenvalue weighted by atomic mass is 9.72. The lowest BCUT2D eigenvalue weighted by Gasteiger charge is -2.42. The molecule has 2 amide bonds. The van der Waals surface area contributed by atoms with E-state index in [2.05, 4.69) is 5.32 Å². The Morgan fingerprint density at radius 3 is 2.68 bits per heavy atom. The summed E-state index contributed by atoms with van der Waals surface area (Å²) in [7, 11) is 0. The summed E-state index contributed by atoms with van der Waals surface area (Å²) in [6.07, 6.45) is 4.10.